The fraction of sp³-hybridized carbons (Fsp3) is 0.647. The van der Waals surface area contributed by atoms with Gasteiger partial charge in [0.15, 0.2) is 0 Å². The number of nitrogens with zero attached hydrogens (tertiary/aromatic N) is 1. The van der Waals surface area contributed by atoms with Gasteiger partial charge in [-0.05, 0) is 44.6 Å². The van der Waals surface area contributed by atoms with E-state index in [4.69, 9.17) is 11.6 Å². The van der Waals surface area contributed by atoms with E-state index in [9.17, 15) is 4.39 Å². The monoisotopic (exact) mass is 314 g/mol. The van der Waals surface area contributed by atoms with Gasteiger partial charge in [0.05, 0.1) is 0 Å². The molecular weight excluding hydrogens is 287 g/mol. The third kappa shape index (κ3) is 5.24. The summed E-state index contributed by atoms with van der Waals surface area (Å²) < 4.78 is 13.1. The van der Waals surface area contributed by atoms with Crippen LogP contribution in [0.3, 0.4) is 0 Å². The van der Waals surface area contributed by atoms with Gasteiger partial charge in [0.2, 0.25) is 0 Å². The molecule has 21 heavy (non-hydrogen) atoms. The van der Waals surface area contributed by atoms with Crippen molar-refractivity contribution in [3.05, 3.63) is 34.6 Å². The first-order valence-corrected chi connectivity index (χ1v) is 8.13. The lowest BCUT2D eigenvalue weighted by atomic mass is 9.93. The number of halogens is 2. The van der Waals surface area contributed by atoms with E-state index >= 15 is 0 Å². The first kappa shape index (κ1) is 18.4. The SMILES string of the molecule is CCC(CC)C(CNC(C)c1ccc(F)cc1Cl)N(C)C. The molecule has 0 saturated carbocycles. The molecule has 0 fully saturated rings. The molecule has 1 rings (SSSR count). The maximum atomic E-state index is 13.1. The quantitative estimate of drug-likeness (QED) is 0.760. The molecular formula is C17H28ClFN2. The first-order valence-electron chi connectivity index (χ1n) is 7.75. The van der Waals surface area contributed by atoms with Crippen LogP contribution in [0.4, 0.5) is 4.39 Å². The summed E-state index contributed by atoms with van der Waals surface area (Å²) in [5.41, 5.74) is 0.945. The van der Waals surface area contributed by atoms with Gasteiger partial charge in [-0.25, -0.2) is 4.39 Å². The predicted molar refractivity (Wildman–Crippen MR) is 89.4 cm³/mol. The second kappa shape index (κ2) is 8.72. The highest BCUT2D eigenvalue weighted by Crippen LogP contribution is 2.24. The molecule has 2 atom stereocenters. The predicted octanol–water partition coefficient (Wildman–Crippen LogP) is 4.50. The summed E-state index contributed by atoms with van der Waals surface area (Å²) in [4.78, 5) is 2.28. The van der Waals surface area contributed by atoms with Crippen molar-refractivity contribution in [1.82, 2.24) is 10.2 Å². The van der Waals surface area contributed by atoms with Crippen molar-refractivity contribution in [2.24, 2.45) is 5.92 Å². The molecule has 0 heterocycles. The molecule has 1 N–H and O–H groups in total. The summed E-state index contributed by atoms with van der Waals surface area (Å²) >= 11 is 6.13. The van der Waals surface area contributed by atoms with Gasteiger partial charge in [0.25, 0.3) is 0 Å². The molecule has 0 aliphatic carbocycles. The lowest BCUT2D eigenvalue weighted by Crippen LogP contribution is -2.43. The second-order valence-electron chi connectivity index (χ2n) is 5.90. The van der Waals surface area contributed by atoms with Gasteiger partial charge in [-0.1, -0.05) is 44.4 Å². The van der Waals surface area contributed by atoms with Crippen LogP contribution >= 0.6 is 11.6 Å². The van der Waals surface area contributed by atoms with E-state index in [1.165, 1.54) is 25.0 Å². The third-order valence-electron chi connectivity index (χ3n) is 4.32. The van der Waals surface area contributed by atoms with Gasteiger partial charge in [0, 0.05) is 23.7 Å². The van der Waals surface area contributed by atoms with Crippen LogP contribution in [0.5, 0.6) is 0 Å². The molecule has 4 heteroatoms. The number of nitrogens with one attached hydrogen (secondary N) is 1. The fourth-order valence-corrected chi connectivity index (χ4v) is 3.19. The van der Waals surface area contributed by atoms with Gasteiger partial charge < -0.3 is 10.2 Å². The summed E-state index contributed by atoms with van der Waals surface area (Å²) in [7, 11) is 4.25. The molecule has 0 saturated heterocycles. The van der Waals surface area contributed by atoms with Gasteiger partial charge in [0.1, 0.15) is 5.82 Å². The lowest BCUT2D eigenvalue weighted by Gasteiger charge is -2.32. The molecule has 0 bridgehead atoms. The van der Waals surface area contributed by atoms with Crippen LogP contribution in [0.2, 0.25) is 5.02 Å². The Morgan fingerprint density at radius 3 is 2.33 bits per heavy atom. The van der Waals surface area contributed by atoms with Crippen molar-refractivity contribution >= 4 is 11.6 Å². The molecule has 0 aromatic heterocycles. The normalized spacial score (nSPS) is 14.7. The van der Waals surface area contributed by atoms with Gasteiger partial charge in [-0.3, -0.25) is 0 Å². The average molecular weight is 315 g/mol. The zero-order valence-electron chi connectivity index (χ0n) is 13.8. The van der Waals surface area contributed by atoms with E-state index in [1.54, 1.807) is 6.07 Å². The van der Waals surface area contributed by atoms with Crippen molar-refractivity contribution < 1.29 is 4.39 Å². The Hall–Kier alpha value is -0.640. The Balaban J connectivity index is 2.71. The average Bonchev–Trinajstić information content (AvgIpc) is 2.42. The topological polar surface area (TPSA) is 15.3 Å². The third-order valence-corrected chi connectivity index (χ3v) is 4.65. The highest BCUT2D eigenvalue weighted by Gasteiger charge is 2.21. The summed E-state index contributed by atoms with van der Waals surface area (Å²) in [5, 5.41) is 4.03. The van der Waals surface area contributed by atoms with E-state index in [0.29, 0.717) is 17.0 Å². The number of hydrogen-bond donors (Lipinski definition) is 1. The number of hydrogen-bond acceptors (Lipinski definition) is 2. The summed E-state index contributed by atoms with van der Waals surface area (Å²) in [6.45, 7) is 7.45. The summed E-state index contributed by atoms with van der Waals surface area (Å²) in [6.07, 6.45) is 2.35. The number of benzene rings is 1. The van der Waals surface area contributed by atoms with Crippen molar-refractivity contribution in [3.8, 4) is 0 Å². The van der Waals surface area contributed by atoms with Crippen LogP contribution in [-0.4, -0.2) is 31.6 Å². The molecule has 0 aliphatic rings. The largest absolute Gasteiger partial charge is 0.309 e. The lowest BCUT2D eigenvalue weighted by molar-refractivity contribution is 0.190. The first-order chi connectivity index (χ1) is 9.90. The minimum Gasteiger partial charge on any atom is -0.309 e. The van der Waals surface area contributed by atoms with Crippen molar-refractivity contribution in [3.63, 3.8) is 0 Å². The highest BCUT2D eigenvalue weighted by molar-refractivity contribution is 6.31. The molecule has 1 aromatic rings. The summed E-state index contributed by atoms with van der Waals surface area (Å²) in [5.74, 6) is 0.377. The Morgan fingerprint density at radius 2 is 1.86 bits per heavy atom. The van der Waals surface area contributed by atoms with Crippen LogP contribution in [0.25, 0.3) is 0 Å². The standard InChI is InChI=1S/C17H28ClFN2/c1-6-13(7-2)17(21(4)5)11-20-12(3)15-9-8-14(19)10-16(15)18/h8-10,12-13,17,20H,6-7,11H2,1-5H3. The van der Waals surface area contributed by atoms with Crippen LogP contribution in [0, 0.1) is 11.7 Å². The van der Waals surface area contributed by atoms with E-state index in [2.05, 4.69) is 45.1 Å². The second-order valence-corrected chi connectivity index (χ2v) is 6.31. The maximum absolute atomic E-state index is 13.1. The number of rotatable bonds is 8. The fourth-order valence-electron chi connectivity index (χ4n) is 2.86. The molecule has 1 aromatic carbocycles. The van der Waals surface area contributed by atoms with Crippen LogP contribution in [0.15, 0.2) is 18.2 Å². The molecule has 120 valence electrons. The molecule has 2 nitrogen and oxygen atoms in total. The van der Waals surface area contributed by atoms with E-state index < -0.39 is 0 Å². The van der Waals surface area contributed by atoms with E-state index in [0.717, 1.165) is 12.1 Å². The maximum Gasteiger partial charge on any atom is 0.124 e. The Labute approximate surface area is 133 Å². The van der Waals surface area contributed by atoms with E-state index in [-0.39, 0.29) is 11.9 Å². The molecule has 0 aliphatic heterocycles. The van der Waals surface area contributed by atoms with Crippen molar-refractivity contribution in [1.29, 1.82) is 0 Å². The minimum absolute atomic E-state index is 0.106. The molecule has 0 spiro atoms. The Bertz CT molecular complexity index is 433. The summed E-state index contributed by atoms with van der Waals surface area (Å²) in [6, 6.07) is 5.19. The molecule has 0 amide bonds. The number of likely N-dealkylation sites (N-methyl/N-ethyl adjacent to an activating group) is 1. The van der Waals surface area contributed by atoms with Gasteiger partial charge >= 0.3 is 0 Å². The van der Waals surface area contributed by atoms with Gasteiger partial charge in [-0.15, -0.1) is 0 Å². The van der Waals surface area contributed by atoms with Crippen LogP contribution < -0.4 is 5.32 Å². The molecule has 2 unspecified atom stereocenters. The minimum atomic E-state index is -0.292. The van der Waals surface area contributed by atoms with Crippen molar-refractivity contribution in [2.45, 2.75) is 45.7 Å². The Morgan fingerprint density at radius 1 is 1.24 bits per heavy atom. The Kier molecular flexibility index (Phi) is 7.64. The van der Waals surface area contributed by atoms with Crippen LogP contribution in [-0.2, 0) is 0 Å². The zero-order chi connectivity index (χ0) is 16.0. The molecule has 0 radical (unpaired) electrons. The zero-order valence-corrected chi connectivity index (χ0v) is 14.5. The van der Waals surface area contributed by atoms with E-state index in [1.807, 2.05) is 0 Å². The van der Waals surface area contributed by atoms with Crippen molar-refractivity contribution in [2.75, 3.05) is 20.6 Å². The highest BCUT2D eigenvalue weighted by atomic mass is 35.5. The smallest absolute Gasteiger partial charge is 0.124 e. The van der Waals surface area contributed by atoms with Gasteiger partial charge in [-0.2, -0.15) is 0 Å². The van der Waals surface area contributed by atoms with Crippen LogP contribution in [0.1, 0.15) is 45.2 Å².